The third-order valence-corrected chi connectivity index (χ3v) is 3.69. The molecule has 2 aromatic carbocycles. The van der Waals surface area contributed by atoms with Crippen molar-refractivity contribution in [2.75, 3.05) is 20.8 Å². The Morgan fingerprint density at radius 1 is 1.00 bits per heavy atom. The number of hydrogen-bond acceptors (Lipinski definition) is 5. The molecule has 1 amide bonds. The Morgan fingerprint density at radius 3 is 2.40 bits per heavy atom. The minimum absolute atomic E-state index is 0.282. The molecule has 0 atom stereocenters. The van der Waals surface area contributed by atoms with E-state index >= 15 is 0 Å². The van der Waals surface area contributed by atoms with E-state index in [2.05, 4.69) is 5.32 Å². The molecule has 2 rings (SSSR count). The van der Waals surface area contributed by atoms with Crippen LogP contribution in [0.5, 0.6) is 11.5 Å². The lowest BCUT2D eigenvalue weighted by molar-refractivity contribution is -0.124. The van der Waals surface area contributed by atoms with Crippen LogP contribution in [0, 0.1) is 6.92 Å². The van der Waals surface area contributed by atoms with Crippen molar-refractivity contribution in [3.8, 4) is 11.5 Å². The third kappa shape index (κ3) is 4.97. The normalized spacial score (nSPS) is 10.0. The summed E-state index contributed by atoms with van der Waals surface area (Å²) in [7, 11) is 2.99. The maximum atomic E-state index is 12.0. The fourth-order valence-corrected chi connectivity index (χ4v) is 2.23. The van der Waals surface area contributed by atoms with Gasteiger partial charge in [-0.25, -0.2) is 4.79 Å². The molecule has 132 valence electrons. The Hall–Kier alpha value is -3.02. The summed E-state index contributed by atoms with van der Waals surface area (Å²) in [5.41, 5.74) is 2.39. The number of hydrogen-bond donors (Lipinski definition) is 1. The molecule has 6 nitrogen and oxygen atoms in total. The number of benzene rings is 2. The van der Waals surface area contributed by atoms with Gasteiger partial charge in [0.05, 0.1) is 19.8 Å². The van der Waals surface area contributed by atoms with E-state index in [1.165, 1.54) is 20.3 Å². The van der Waals surface area contributed by atoms with E-state index in [4.69, 9.17) is 14.2 Å². The highest BCUT2D eigenvalue weighted by atomic mass is 16.5. The van der Waals surface area contributed by atoms with Crippen LogP contribution in [0.2, 0.25) is 0 Å². The summed E-state index contributed by atoms with van der Waals surface area (Å²) in [5, 5.41) is 2.73. The molecule has 2 aromatic rings. The van der Waals surface area contributed by atoms with Gasteiger partial charge in [0.1, 0.15) is 0 Å². The van der Waals surface area contributed by atoms with E-state index in [-0.39, 0.29) is 18.1 Å². The number of nitrogens with one attached hydrogen (secondary N) is 1. The Bertz CT molecular complexity index is 757. The third-order valence-electron chi connectivity index (χ3n) is 3.69. The quantitative estimate of drug-likeness (QED) is 0.782. The van der Waals surface area contributed by atoms with Crippen molar-refractivity contribution < 1.29 is 23.8 Å². The number of aryl methyl sites for hydroxylation is 1. The van der Waals surface area contributed by atoms with Crippen LogP contribution in [-0.2, 0) is 16.1 Å². The van der Waals surface area contributed by atoms with Crippen molar-refractivity contribution in [3.05, 3.63) is 59.2 Å². The van der Waals surface area contributed by atoms with Crippen molar-refractivity contribution in [1.82, 2.24) is 5.32 Å². The van der Waals surface area contributed by atoms with Crippen molar-refractivity contribution in [2.45, 2.75) is 13.5 Å². The molecule has 0 radical (unpaired) electrons. The van der Waals surface area contributed by atoms with E-state index in [9.17, 15) is 9.59 Å². The van der Waals surface area contributed by atoms with Gasteiger partial charge in [0, 0.05) is 6.54 Å². The zero-order valence-corrected chi connectivity index (χ0v) is 14.5. The molecule has 0 aliphatic heterocycles. The first-order valence-electron chi connectivity index (χ1n) is 7.75. The number of rotatable bonds is 7. The van der Waals surface area contributed by atoms with Crippen LogP contribution in [0.3, 0.4) is 0 Å². The highest BCUT2D eigenvalue weighted by Gasteiger charge is 2.13. The monoisotopic (exact) mass is 343 g/mol. The molecule has 0 spiro atoms. The number of carbonyl (C=O) groups excluding carboxylic acids is 2. The predicted octanol–water partition coefficient (Wildman–Crippen LogP) is 2.49. The van der Waals surface area contributed by atoms with Crippen LogP contribution in [0.4, 0.5) is 0 Å². The summed E-state index contributed by atoms with van der Waals surface area (Å²) < 4.78 is 15.3. The van der Waals surface area contributed by atoms with Crippen LogP contribution >= 0.6 is 0 Å². The van der Waals surface area contributed by atoms with Crippen LogP contribution < -0.4 is 14.8 Å². The van der Waals surface area contributed by atoms with Gasteiger partial charge in [-0.05, 0) is 36.2 Å². The largest absolute Gasteiger partial charge is 0.493 e. The Kier molecular flexibility index (Phi) is 6.39. The highest BCUT2D eigenvalue weighted by Crippen LogP contribution is 2.27. The maximum absolute atomic E-state index is 12.0. The summed E-state index contributed by atoms with van der Waals surface area (Å²) in [5.74, 6) is -0.0416. The van der Waals surface area contributed by atoms with Gasteiger partial charge in [-0.15, -0.1) is 0 Å². The molecule has 0 aromatic heterocycles. The zero-order chi connectivity index (χ0) is 18.2. The molecular weight excluding hydrogens is 322 g/mol. The minimum atomic E-state index is -0.605. The first kappa shape index (κ1) is 18.3. The average molecular weight is 343 g/mol. The lowest BCUT2D eigenvalue weighted by atomic mass is 10.1. The van der Waals surface area contributed by atoms with E-state index in [1.54, 1.807) is 12.1 Å². The van der Waals surface area contributed by atoms with E-state index < -0.39 is 5.97 Å². The molecule has 25 heavy (non-hydrogen) atoms. The van der Waals surface area contributed by atoms with Crippen molar-refractivity contribution in [2.24, 2.45) is 0 Å². The standard InChI is InChI=1S/C19H21NO5/c1-13-6-4-5-7-15(13)11-20-18(21)12-25-19(22)14-8-9-16(23-2)17(10-14)24-3/h4-10H,11-12H2,1-3H3,(H,20,21). The summed E-state index contributed by atoms with van der Waals surface area (Å²) in [6.07, 6.45) is 0. The lowest BCUT2D eigenvalue weighted by Crippen LogP contribution is -2.28. The minimum Gasteiger partial charge on any atom is -0.493 e. The molecule has 0 heterocycles. The van der Waals surface area contributed by atoms with Gasteiger partial charge >= 0.3 is 5.97 Å². The smallest absolute Gasteiger partial charge is 0.338 e. The summed E-state index contributed by atoms with van der Waals surface area (Å²) in [4.78, 5) is 23.9. The van der Waals surface area contributed by atoms with Gasteiger partial charge in [-0.1, -0.05) is 24.3 Å². The zero-order valence-electron chi connectivity index (χ0n) is 14.5. The maximum Gasteiger partial charge on any atom is 0.338 e. The van der Waals surface area contributed by atoms with Crippen LogP contribution in [0.15, 0.2) is 42.5 Å². The second-order valence-electron chi connectivity index (χ2n) is 5.35. The van der Waals surface area contributed by atoms with Crippen molar-refractivity contribution in [3.63, 3.8) is 0 Å². The van der Waals surface area contributed by atoms with Gasteiger partial charge < -0.3 is 19.5 Å². The number of amides is 1. The first-order chi connectivity index (χ1) is 12.0. The van der Waals surface area contributed by atoms with E-state index in [1.807, 2.05) is 31.2 Å². The highest BCUT2D eigenvalue weighted by molar-refractivity contribution is 5.92. The van der Waals surface area contributed by atoms with Gasteiger partial charge in [0.15, 0.2) is 18.1 Å². The SMILES string of the molecule is COc1ccc(C(=O)OCC(=O)NCc2ccccc2C)cc1OC. The fourth-order valence-electron chi connectivity index (χ4n) is 2.23. The Balaban J connectivity index is 1.87. The summed E-state index contributed by atoms with van der Waals surface area (Å²) in [6, 6.07) is 12.4. The molecule has 0 aliphatic carbocycles. The second-order valence-corrected chi connectivity index (χ2v) is 5.35. The van der Waals surface area contributed by atoms with Gasteiger partial charge in [-0.2, -0.15) is 0 Å². The van der Waals surface area contributed by atoms with Crippen LogP contribution in [-0.4, -0.2) is 32.7 Å². The second kappa shape index (κ2) is 8.73. The van der Waals surface area contributed by atoms with Crippen LogP contribution in [0.25, 0.3) is 0 Å². The summed E-state index contributed by atoms with van der Waals surface area (Å²) in [6.45, 7) is 2.01. The number of carbonyl (C=O) groups is 2. The molecule has 0 saturated carbocycles. The lowest BCUT2D eigenvalue weighted by Gasteiger charge is -2.10. The van der Waals surface area contributed by atoms with E-state index in [0.29, 0.717) is 18.0 Å². The average Bonchev–Trinajstić information content (AvgIpc) is 2.64. The van der Waals surface area contributed by atoms with E-state index in [0.717, 1.165) is 11.1 Å². The molecule has 0 unspecified atom stereocenters. The Morgan fingerprint density at radius 2 is 1.72 bits per heavy atom. The molecule has 1 N–H and O–H groups in total. The molecular formula is C19H21NO5. The molecule has 0 bridgehead atoms. The molecule has 6 heteroatoms. The number of ether oxygens (including phenoxy) is 3. The van der Waals surface area contributed by atoms with Gasteiger partial charge in [0.25, 0.3) is 5.91 Å². The van der Waals surface area contributed by atoms with Crippen molar-refractivity contribution >= 4 is 11.9 Å². The molecule has 0 fully saturated rings. The first-order valence-corrected chi connectivity index (χ1v) is 7.75. The summed E-state index contributed by atoms with van der Waals surface area (Å²) >= 11 is 0. The van der Waals surface area contributed by atoms with Gasteiger partial charge in [-0.3, -0.25) is 4.79 Å². The predicted molar refractivity (Wildman–Crippen MR) is 92.9 cm³/mol. The van der Waals surface area contributed by atoms with Crippen molar-refractivity contribution in [1.29, 1.82) is 0 Å². The molecule has 0 saturated heterocycles. The fraction of sp³-hybridized carbons (Fsp3) is 0.263. The van der Waals surface area contributed by atoms with Crippen LogP contribution in [0.1, 0.15) is 21.5 Å². The number of esters is 1. The van der Waals surface area contributed by atoms with Gasteiger partial charge in [0.2, 0.25) is 0 Å². The molecule has 0 aliphatic rings. The Labute approximate surface area is 146 Å². The number of methoxy groups -OCH3 is 2. The topological polar surface area (TPSA) is 73.9 Å².